The lowest BCUT2D eigenvalue weighted by Crippen LogP contribution is -2.46. The molecule has 27 heavy (non-hydrogen) atoms. The van der Waals surface area contributed by atoms with Gasteiger partial charge in [-0.05, 0) is 55.5 Å². The Morgan fingerprint density at radius 2 is 1.67 bits per heavy atom. The number of carbonyl (C=O) groups excluding carboxylic acids is 2. The molecule has 0 aromatic heterocycles. The lowest BCUT2D eigenvalue weighted by Gasteiger charge is -2.32. The molecule has 142 valence electrons. The molecule has 2 aromatic rings. The second-order valence-corrected chi connectivity index (χ2v) is 7.69. The van der Waals surface area contributed by atoms with E-state index in [4.69, 9.17) is 0 Å². The van der Waals surface area contributed by atoms with Crippen molar-refractivity contribution < 1.29 is 9.59 Å². The van der Waals surface area contributed by atoms with Gasteiger partial charge in [0.05, 0.1) is 0 Å². The Labute approximate surface area is 161 Å². The maximum absolute atomic E-state index is 12.6. The normalized spacial score (nSPS) is 15.0. The van der Waals surface area contributed by atoms with Crippen molar-refractivity contribution in [3.05, 3.63) is 70.8 Å². The van der Waals surface area contributed by atoms with Crippen LogP contribution in [0.4, 0.5) is 0 Å². The molecule has 1 saturated heterocycles. The average molecular weight is 364 g/mol. The first kappa shape index (κ1) is 19.2. The van der Waals surface area contributed by atoms with Gasteiger partial charge in [-0.25, -0.2) is 0 Å². The number of amides is 2. The average Bonchev–Trinajstić information content (AvgIpc) is 2.68. The molecule has 0 unspecified atom stereocenters. The van der Waals surface area contributed by atoms with E-state index < -0.39 is 0 Å². The van der Waals surface area contributed by atoms with Crippen molar-refractivity contribution in [3.8, 4) is 0 Å². The van der Waals surface area contributed by atoms with Crippen LogP contribution in [0.1, 0.15) is 64.4 Å². The van der Waals surface area contributed by atoms with Gasteiger partial charge in [0.2, 0.25) is 0 Å². The number of carbonyl (C=O) groups is 2. The molecule has 0 radical (unpaired) electrons. The molecule has 0 saturated carbocycles. The highest BCUT2D eigenvalue weighted by atomic mass is 16.2. The molecule has 1 fully saturated rings. The molecule has 2 amide bonds. The summed E-state index contributed by atoms with van der Waals surface area (Å²) in [5.74, 6) is 0.499. The minimum Gasteiger partial charge on any atom is -0.349 e. The molecule has 0 atom stereocenters. The molecule has 3 rings (SSSR count). The van der Waals surface area contributed by atoms with E-state index in [1.54, 1.807) is 0 Å². The van der Waals surface area contributed by atoms with Crippen LogP contribution in [0.25, 0.3) is 0 Å². The standard InChI is InChI=1S/C23H28N2O2/c1-16(2)18-7-9-19(10-8-18)22(26)24-21-11-13-25(14-12-21)23(27)20-6-4-5-17(3)15-20/h4-10,15-16,21H,11-14H2,1-3H3,(H,24,26). The number of benzene rings is 2. The number of nitrogens with zero attached hydrogens (tertiary/aromatic N) is 1. The fraction of sp³-hybridized carbons (Fsp3) is 0.391. The van der Waals surface area contributed by atoms with Crippen LogP contribution >= 0.6 is 0 Å². The summed E-state index contributed by atoms with van der Waals surface area (Å²) < 4.78 is 0. The fourth-order valence-corrected chi connectivity index (χ4v) is 3.48. The smallest absolute Gasteiger partial charge is 0.253 e. The van der Waals surface area contributed by atoms with E-state index in [1.165, 1.54) is 5.56 Å². The number of nitrogens with one attached hydrogen (secondary N) is 1. The number of piperidine rings is 1. The number of hydrogen-bond donors (Lipinski definition) is 1. The molecule has 4 heteroatoms. The van der Waals surface area contributed by atoms with Crippen LogP contribution in [-0.4, -0.2) is 35.8 Å². The molecule has 1 heterocycles. The summed E-state index contributed by atoms with van der Waals surface area (Å²) in [5, 5.41) is 3.12. The molecule has 0 bridgehead atoms. The third-order valence-electron chi connectivity index (χ3n) is 5.22. The van der Waals surface area contributed by atoms with Gasteiger partial charge in [0.1, 0.15) is 0 Å². The highest BCUT2D eigenvalue weighted by Crippen LogP contribution is 2.17. The van der Waals surface area contributed by atoms with Crippen molar-refractivity contribution in [1.29, 1.82) is 0 Å². The van der Waals surface area contributed by atoms with Crippen molar-refractivity contribution >= 4 is 11.8 Å². The van der Waals surface area contributed by atoms with Crippen LogP contribution in [0.3, 0.4) is 0 Å². The van der Waals surface area contributed by atoms with E-state index in [0.29, 0.717) is 24.6 Å². The summed E-state index contributed by atoms with van der Waals surface area (Å²) in [6.45, 7) is 7.61. The van der Waals surface area contributed by atoms with Gasteiger partial charge in [0.15, 0.2) is 0 Å². The first-order valence-corrected chi connectivity index (χ1v) is 9.71. The Balaban J connectivity index is 1.53. The molecule has 1 aliphatic heterocycles. The van der Waals surface area contributed by atoms with Crippen LogP contribution in [0.5, 0.6) is 0 Å². The van der Waals surface area contributed by atoms with Crippen LogP contribution in [0, 0.1) is 6.92 Å². The lowest BCUT2D eigenvalue weighted by molar-refractivity contribution is 0.0698. The van der Waals surface area contributed by atoms with Crippen LogP contribution in [-0.2, 0) is 0 Å². The Morgan fingerprint density at radius 1 is 1.00 bits per heavy atom. The van der Waals surface area contributed by atoms with Crippen LogP contribution in [0.2, 0.25) is 0 Å². The van der Waals surface area contributed by atoms with Crippen molar-refractivity contribution in [2.75, 3.05) is 13.1 Å². The predicted molar refractivity (Wildman–Crippen MR) is 108 cm³/mol. The van der Waals surface area contributed by atoms with E-state index >= 15 is 0 Å². The monoisotopic (exact) mass is 364 g/mol. The predicted octanol–water partition coefficient (Wildman–Crippen LogP) is 4.15. The zero-order valence-corrected chi connectivity index (χ0v) is 16.4. The highest BCUT2D eigenvalue weighted by molar-refractivity contribution is 5.95. The van der Waals surface area contributed by atoms with Gasteiger partial charge in [-0.3, -0.25) is 9.59 Å². The van der Waals surface area contributed by atoms with E-state index in [1.807, 2.05) is 60.4 Å². The highest BCUT2D eigenvalue weighted by Gasteiger charge is 2.25. The van der Waals surface area contributed by atoms with Crippen molar-refractivity contribution in [3.63, 3.8) is 0 Å². The maximum Gasteiger partial charge on any atom is 0.253 e. The summed E-state index contributed by atoms with van der Waals surface area (Å²) >= 11 is 0. The first-order chi connectivity index (χ1) is 12.9. The van der Waals surface area contributed by atoms with Gasteiger partial charge in [0, 0.05) is 30.3 Å². The summed E-state index contributed by atoms with van der Waals surface area (Å²) in [6.07, 6.45) is 1.57. The first-order valence-electron chi connectivity index (χ1n) is 9.71. The molecule has 1 aliphatic rings. The topological polar surface area (TPSA) is 49.4 Å². The van der Waals surface area contributed by atoms with Gasteiger partial charge in [-0.15, -0.1) is 0 Å². The molecule has 0 aliphatic carbocycles. The van der Waals surface area contributed by atoms with Gasteiger partial charge < -0.3 is 10.2 Å². The number of rotatable bonds is 4. The Hall–Kier alpha value is -2.62. The third-order valence-corrected chi connectivity index (χ3v) is 5.22. The summed E-state index contributed by atoms with van der Waals surface area (Å²) in [5.41, 5.74) is 3.75. The van der Waals surface area contributed by atoms with Gasteiger partial charge in [-0.2, -0.15) is 0 Å². The minimum atomic E-state index is -0.0335. The minimum absolute atomic E-state index is 0.0335. The van der Waals surface area contributed by atoms with Gasteiger partial charge in [0.25, 0.3) is 11.8 Å². The molecular formula is C23H28N2O2. The number of likely N-dealkylation sites (tertiary alicyclic amines) is 1. The SMILES string of the molecule is Cc1cccc(C(=O)N2CCC(NC(=O)c3ccc(C(C)C)cc3)CC2)c1. The second kappa shape index (κ2) is 8.38. The van der Waals surface area contributed by atoms with E-state index in [9.17, 15) is 9.59 Å². The second-order valence-electron chi connectivity index (χ2n) is 7.69. The zero-order valence-electron chi connectivity index (χ0n) is 16.4. The fourth-order valence-electron chi connectivity index (χ4n) is 3.48. The van der Waals surface area contributed by atoms with E-state index in [2.05, 4.69) is 19.2 Å². The number of aryl methyl sites for hydroxylation is 1. The summed E-state index contributed by atoms with van der Waals surface area (Å²) in [6, 6.07) is 15.6. The Kier molecular flexibility index (Phi) is 5.94. The maximum atomic E-state index is 12.6. The molecule has 2 aromatic carbocycles. The van der Waals surface area contributed by atoms with E-state index in [0.717, 1.165) is 24.0 Å². The third kappa shape index (κ3) is 4.76. The van der Waals surface area contributed by atoms with Gasteiger partial charge >= 0.3 is 0 Å². The zero-order chi connectivity index (χ0) is 19.4. The van der Waals surface area contributed by atoms with Crippen molar-refractivity contribution in [2.24, 2.45) is 0 Å². The van der Waals surface area contributed by atoms with Crippen LogP contribution in [0.15, 0.2) is 48.5 Å². The number of hydrogen-bond acceptors (Lipinski definition) is 2. The van der Waals surface area contributed by atoms with Gasteiger partial charge in [-0.1, -0.05) is 43.7 Å². The Morgan fingerprint density at radius 3 is 2.26 bits per heavy atom. The molecule has 0 spiro atoms. The summed E-state index contributed by atoms with van der Waals surface area (Å²) in [4.78, 5) is 27.0. The largest absolute Gasteiger partial charge is 0.349 e. The molecular weight excluding hydrogens is 336 g/mol. The Bertz CT molecular complexity index is 803. The van der Waals surface area contributed by atoms with E-state index in [-0.39, 0.29) is 17.9 Å². The summed E-state index contributed by atoms with van der Waals surface area (Å²) in [7, 11) is 0. The molecule has 1 N–H and O–H groups in total. The molecule has 4 nitrogen and oxygen atoms in total. The quantitative estimate of drug-likeness (QED) is 0.886. The van der Waals surface area contributed by atoms with Crippen molar-refractivity contribution in [1.82, 2.24) is 10.2 Å². The van der Waals surface area contributed by atoms with Crippen molar-refractivity contribution in [2.45, 2.75) is 45.6 Å². The lowest BCUT2D eigenvalue weighted by atomic mass is 10.0. The van der Waals surface area contributed by atoms with Crippen LogP contribution < -0.4 is 5.32 Å².